The molecule has 4 rings (SSSR count). The van der Waals surface area contributed by atoms with Crippen molar-refractivity contribution in [1.82, 2.24) is 15.1 Å². The second-order valence-electron chi connectivity index (χ2n) is 9.40. The molecule has 2 aliphatic heterocycles. The van der Waals surface area contributed by atoms with E-state index < -0.39 is 0 Å². The Bertz CT molecular complexity index is 952. The van der Waals surface area contributed by atoms with Crippen molar-refractivity contribution in [2.24, 2.45) is 5.92 Å². The van der Waals surface area contributed by atoms with Gasteiger partial charge >= 0.3 is 0 Å². The van der Waals surface area contributed by atoms with Gasteiger partial charge in [-0.05, 0) is 42.2 Å². The number of methoxy groups -OCH3 is 1. The zero-order chi connectivity index (χ0) is 23.4. The molecular weight excluding hydrogens is 414 g/mol. The maximum absolute atomic E-state index is 13.5. The molecule has 1 N–H and O–H groups in total. The van der Waals surface area contributed by atoms with Gasteiger partial charge in [-0.3, -0.25) is 14.9 Å². The van der Waals surface area contributed by atoms with Crippen molar-refractivity contribution in [3.63, 3.8) is 0 Å². The summed E-state index contributed by atoms with van der Waals surface area (Å²) in [4.78, 5) is 30.6. The van der Waals surface area contributed by atoms with E-state index in [0.717, 1.165) is 37.1 Å². The molecule has 0 saturated carbocycles. The number of ether oxygens (including phenoxy) is 1. The quantitative estimate of drug-likeness (QED) is 0.700. The molecule has 2 fully saturated rings. The molecule has 0 radical (unpaired) electrons. The van der Waals surface area contributed by atoms with E-state index in [2.05, 4.69) is 36.2 Å². The minimum atomic E-state index is -0.378. The average molecular weight is 450 g/mol. The number of rotatable bonds is 7. The van der Waals surface area contributed by atoms with E-state index in [4.69, 9.17) is 4.74 Å². The largest absolute Gasteiger partial charge is 0.497 e. The molecule has 2 aromatic rings. The number of amides is 2. The summed E-state index contributed by atoms with van der Waals surface area (Å²) in [7, 11) is 1.62. The maximum Gasteiger partial charge on any atom is 0.253 e. The third-order valence-electron chi connectivity index (χ3n) is 7.21. The van der Waals surface area contributed by atoms with Crippen molar-refractivity contribution in [3.05, 3.63) is 65.7 Å². The van der Waals surface area contributed by atoms with E-state index in [1.165, 1.54) is 0 Å². The smallest absolute Gasteiger partial charge is 0.253 e. The Balaban J connectivity index is 1.48. The van der Waals surface area contributed by atoms with Gasteiger partial charge in [-0.25, -0.2) is 0 Å². The molecule has 0 aliphatic carbocycles. The Morgan fingerprint density at radius 3 is 2.39 bits per heavy atom. The van der Waals surface area contributed by atoms with Crippen LogP contribution in [-0.2, 0) is 11.2 Å². The number of carbonyl (C=O) groups is 2. The second kappa shape index (κ2) is 9.96. The van der Waals surface area contributed by atoms with Crippen molar-refractivity contribution in [2.75, 3.05) is 26.7 Å². The summed E-state index contributed by atoms with van der Waals surface area (Å²) in [6.07, 6.45) is 3.20. The first-order chi connectivity index (χ1) is 16.0. The summed E-state index contributed by atoms with van der Waals surface area (Å²) in [5.41, 5.74) is 1.45. The monoisotopic (exact) mass is 449 g/mol. The third kappa shape index (κ3) is 4.91. The van der Waals surface area contributed by atoms with Crippen molar-refractivity contribution < 1.29 is 14.3 Å². The van der Waals surface area contributed by atoms with Gasteiger partial charge in [-0.1, -0.05) is 50.6 Å². The van der Waals surface area contributed by atoms with Crippen molar-refractivity contribution in [3.8, 4) is 5.75 Å². The number of benzene rings is 2. The molecule has 0 aromatic heterocycles. The second-order valence-corrected chi connectivity index (χ2v) is 9.40. The molecule has 6 heteroatoms. The van der Waals surface area contributed by atoms with Gasteiger partial charge in [0.05, 0.1) is 18.8 Å². The van der Waals surface area contributed by atoms with Gasteiger partial charge in [0.25, 0.3) is 5.91 Å². The molecule has 2 aromatic carbocycles. The lowest BCUT2D eigenvalue weighted by molar-refractivity contribution is -0.134. The molecule has 2 heterocycles. The Labute approximate surface area is 196 Å². The molecule has 0 unspecified atom stereocenters. The van der Waals surface area contributed by atoms with Crippen LogP contribution in [0.25, 0.3) is 0 Å². The third-order valence-corrected chi connectivity index (χ3v) is 7.21. The van der Waals surface area contributed by atoms with E-state index in [1.807, 2.05) is 47.4 Å². The van der Waals surface area contributed by atoms with Crippen molar-refractivity contribution >= 4 is 11.8 Å². The predicted octanol–water partition coefficient (Wildman–Crippen LogP) is 3.72. The fraction of sp³-hybridized carbons (Fsp3) is 0.481. The zero-order valence-electron chi connectivity index (χ0n) is 19.9. The lowest BCUT2D eigenvalue weighted by Gasteiger charge is -2.45. The fourth-order valence-corrected chi connectivity index (χ4v) is 4.97. The molecule has 2 saturated heterocycles. The van der Waals surface area contributed by atoms with Crippen LogP contribution in [0.1, 0.15) is 49.0 Å². The van der Waals surface area contributed by atoms with Crippen LogP contribution in [0.2, 0.25) is 0 Å². The molecule has 33 heavy (non-hydrogen) atoms. The van der Waals surface area contributed by atoms with E-state index in [0.29, 0.717) is 31.0 Å². The van der Waals surface area contributed by atoms with Crippen LogP contribution in [0.4, 0.5) is 0 Å². The maximum atomic E-state index is 13.5. The zero-order valence-corrected chi connectivity index (χ0v) is 19.9. The Morgan fingerprint density at radius 1 is 1.12 bits per heavy atom. The van der Waals surface area contributed by atoms with Gasteiger partial charge in [-0.15, -0.1) is 0 Å². The highest BCUT2D eigenvalue weighted by Gasteiger charge is 2.51. The topological polar surface area (TPSA) is 61.9 Å². The SMILES string of the molecule is CC[C@H](C)CN1C(=O)[C@H](Cc2ccccc2)NC12CCN(C(=O)c1ccc(OC)cc1)CC2. The van der Waals surface area contributed by atoms with E-state index in [-0.39, 0.29) is 23.5 Å². The number of hydrogen-bond acceptors (Lipinski definition) is 4. The Kier molecular flexibility index (Phi) is 7.03. The molecule has 1 spiro atoms. The van der Waals surface area contributed by atoms with Gasteiger partial charge < -0.3 is 14.5 Å². The standard InChI is InChI=1S/C27H35N3O3/c1-4-20(2)19-30-26(32)24(18-21-8-6-5-7-9-21)28-27(30)14-16-29(17-15-27)25(31)22-10-12-23(33-3)13-11-22/h5-13,20,24,28H,4,14-19H2,1-3H3/t20-,24-/m0/s1. The summed E-state index contributed by atoms with van der Waals surface area (Å²) >= 11 is 0. The van der Waals surface area contributed by atoms with Crippen LogP contribution in [0, 0.1) is 5.92 Å². The molecule has 0 bridgehead atoms. The summed E-state index contributed by atoms with van der Waals surface area (Å²) in [5.74, 6) is 1.39. The van der Waals surface area contributed by atoms with Crippen molar-refractivity contribution in [2.45, 2.75) is 51.2 Å². The van der Waals surface area contributed by atoms with Gasteiger partial charge in [0, 0.05) is 38.0 Å². The highest BCUT2D eigenvalue weighted by atomic mass is 16.5. The lowest BCUT2D eigenvalue weighted by Crippen LogP contribution is -2.60. The molecule has 2 amide bonds. The van der Waals surface area contributed by atoms with Crippen LogP contribution in [0.15, 0.2) is 54.6 Å². The number of nitrogens with zero attached hydrogens (tertiary/aromatic N) is 2. The van der Waals surface area contributed by atoms with E-state index in [9.17, 15) is 9.59 Å². The highest BCUT2D eigenvalue weighted by molar-refractivity contribution is 5.94. The first-order valence-electron chi connectivity index (χ1n) is 12.0. The van der Waals surface area contributed by atoms with Gasteiger partial charge in [-0.2, -0.15) is 0 Å². The molecule has 2 aliphatic rings. The molecule has 176 valence electrons. The summed E-state index contributed by atoms with van der Waals surface area (Å²) in [6.45, 7) is 6.37. The summed E-state index contributed by atoms with van der Waals surface area (Å²) < 4.78 is 5.20. The number of carbonyl (C=O) groups excluding carboxylic acids is 2. The first kappa shape index (κ1) is 23.3. The van der Waals surface area contributed by atoms with E-state index in [1.54, 1.807) is 7.11 Å². The minimum Gasteiger partial charge on any atom is -0.497 e. The van der Waals surface area contributed by atoms with Crippen LogP contribution < -0.4 is 10.1 Å². The molecule has 2 atom stereocenters. The predicted molar refractivity (Wildman–Crippen MR) is 129 cm³/mol. The lowest BCUT2D eigenvalue weighted by atomic mass is 9.94. The highest BCUT2D eigenvalue weighted by Crippen LogP contribution is 2.34. The summed E-state index contributed by atoms with van der Waals surface area (Å²) in [6, 6.07) is 17.2. The first-order valence-corrected chi connectivity index (χ1v) is 12.0. The van der Waals surface area contributed by atoms with Gasteiger partial charge in [0.15, 0.2) is 0 Å². The van der Waals surface area contributed by atoms with E-state index >= 15 is 0 Å². The average Bonchev–Trinajstić information content (AvgIpc) is 3.09. The van der Waals surface area contributed by atoms with Crippen molar-refractivity contribution in [1.29, 1.82) is 0 Å². The molecular formula is C27H35N3O3. The Hall–Kier alpha value is -2.86. The van der Waals surface area contributed by atoms with Crippen LogP contribution >= 0.6 is 0 Å². The van der Waals surface area contributed by atoms with Gasteiger partial charge in [0.2, 0.25) is 5.91 Å². The van der Waals surface area contributed by atoms with Crippen LogP contribution in [0.3, 0.4) is 0 Å². The minimum absolute atomic E-state index is 0.0335. The number of hydrogen-bond donors (Lipinski definition) is 1. The Morgan fingerprint density at radius 2 is 1.79 bits per heavy atom. The number of likely N-dealkylation sites (tertiary alicyclic amines) is 1. The number of nitrogens with one attached hydrogen (secondary N) is 1. The normalized spacial score (nSPS) is 20.8. The number of piperidine rings is 1. The van der Waals surface area contributed by atoms with Crippen LogP contribution in [-0.4, -0.2) is 60.1 Å². The fourth-order valence-electron chi connectivity index (χ4n) is 4.97. The molecule has 6 nitrogen and oxygen atoms in total. The van der Waals surface area contributed by atoms with Gasteiger partial charge in [0.1, 0.15) is 5.75 Å². The summed E-state index contributed by atoms with van der Waals surface area (Å²) in [5, 5.41) is 3.72. The van der Waals surface area contributed by atoms with Crippen LogP contribution in [0.5, 0.6) is 5.75 Å².